The summed E-state index contributed by atoms with van der Waals surface area (Å²) in [5, 5.41) is 0. The summed E-state index contributed by atoms with van der Waals surface area (Å²) in [6, 6.07) is 0.163. The number of carbonyl (C=O) groups is 2. The lowest BCUT2D eigenvalue weighted by molar-refractivity contribution is -0.0261. The van der Waals surface area contributed by atoms with Crippen LogP contribution in [0, 0.1) is 5.92 Å². The van der Waals surface area contributed by atoms with Gasteiger partial charge in [-0.3, -0.25) is 9.78 Å². The van der Waals surface area contributed by atoms with Crippen molar-refractivity contribution in [2.45, 2.75) is 70.6 Å². The summed E-state index contributed by atoms with van der Waals surface area (Å²) in [5.41, 5.74) is -0.0798. The Morgan fingerprint density at radius 1 is 1.17 bits per heavy atom. The number of fused-ring (bicyclic) bond motifs is 2. The van der Waals surface area contributed by atoms with Crippen LogP contribution < -0.4 is 0 Å². The second-order valence-electron chi connectivity index (χ2n) is 7.75. The zero-order valence-electron chi connectivity index (χ0n) is 14.6. The van der Waals surface area contributed by atoms with Crippen LogP contribution in [0.1, 0.15) is 63.4 Å². The number of hydrogen-bond donors (Lipinski definition) is 0. The molecule has 24 heavy (non-hydrogen) atoms. The topological polar surface area (TPSA) is 72.4 Å². The molecule has 1 amide bonds. The number of nitrogens with zero attached hydrogens (tertiary/aromatic N) is 3. The standard InChI is InChI=1S/C18H25N3O3/c1-18(2,3)24-17(23)21-13-5-4-6-14(21)10-12(9-13)16(22)15-11-19-7-8-20-15/h7-8,11-14H,4-6,9-10H2,1-3H3. The van der Waals surface area contributed by atoms with E-state index in [2.05, 4.69) is 9.97 Å². The fraction of sp³-hybridized carbons (Fsp3) is 0.667. The Morgan fingerprint density at radius 3 is 2.38 bits per heavy atom. The fourth-order valence-corrected chi connectivity index (χ4v) is 3.84. The van der Waals surface area contributed by atoms with Crippen LogP contribution in [0.2, 0.25) is 0 Å². The van der Waals surface area contributed by atoms with E-state index in [1.54, 1.807) is 12.4 Å². The maximum Gasteiger partial charge on any atom is 0.410 e. The summed E-state index contributed by atoms with van der Waals surface area (Å²) in [6.07, 6.45) is 8.72. The van der Waals surface area contributed by atoms with E-state index in [0.717, 1.165) is 19.3 Å². The first kappa shape index (κ1) is 16.9. The Bertz CT molecular complexity index is 598. The second-order valence-corrected chi connectivity index (χ2v) is 7.75. The molecule has 2 atom stereocenters. The van der Waals surface area contributed by atoms with Crippen LogP contribution in [0.5, 0.6) is 0 Å². The minimum Gasteiger partial charge on any atom is -0.444 e. The molecule has 6 heteroatoms. The Hall–Kier alpha value is -1.98. The highest BCUT2D eigenvalue weighted by molar-refractivity contribution is 5.96. The molecule has 0 aromatic carbocycles. The Labute approximate surface area is 142 Å². The van der Waals surface area contributed by atoms with Gasteiger partial charge in [0.15, 0.2) is 5.78 Å². The number of hydrogen-bond acceptors (Lipinski definition) is 5. The first-order chi connectivity index (χ1) is 11.3. The third-order valence-corrected chi connectivity index (χ3v) is 4.77. The van der Waals surface area contributed by atoms with Crippen LogP contribution in [0.3, 0.4) is 0 Å². The molecule has 0 aliphatic carbocycles. The molecule has 2 aliphatic heterocycles. The molecule has 0 saturated carbocycles. The van der Waals surface area contributed by atoms with Gasteiger partial charge in [-0.1, -0.05) is 0 Å². The van der Waals surface area contributed by atoms with Gasteiger partial charge in [0.2, 0.25) is 0 Å². The van der Waals surface area contributed by atoms with E-state index in [0.29, 0.717) is 18.5 Å². The van der Waals surface area contributed by atoms with Gasteiger partial charge in [-0.2, -0.15) is 0 Å². The highest BCUT2D eigenvalue weighted by atomic mass is 16.6. The van der Waals surface area contributed by atoms with Crippen LogP contribution in [-0.4, -0.2) is 44.4 Å². The Kier molecular flexibility index (Phi) is 4.56. The summed E-state index contributed by atoms with van der Waals surface area (Å²) in [5.74, 6) is -0.0421. The molecule has 1 aromatic heterocycles. The molecular weight excluding hydrogens is 306 g/mol. The van der Waals surface area contributed by atoms with Crippen LogP contribution >= 0.6 is 0 Å². The van der Waals surface area contributed by atoms with E-state index >= 15 is 0 Å². The van der Waals surface area contributed by atoms with Gasteiger partial charge in [0.1, 0.15) is 11.3 Å². The fourth-order valence-electron chi connectivity index (χ4n) is 3.84. The summed E-state index contributed by atoms with van der Waals surface area (Å²) >= 11 is 0. The maximum absolute atomic E-state index is 12.7. The van der Waals surface area contributed by atoms with Gasteiger partial charge in [0, 0.05) is 30.4 Å². The van der Waals surface area contributed by atoms with Crippen molar-refractivity contribution in [1.82, 2.24) is 14.9 Å². The number of amides is 1. The van der Waals surface area contributed by atoms with Gasteiger partial charge in [-0.05, 0) is 52.9 Å². The normalized spacial score (nSPS) is 26.8. The summed E-state index contributed by atoms with van der Waals surface area (Å²) < 4.78 is 5.57. The van der Waals surface area contributed by atoms with Crippen LogP contribution in [0.4, 0.5) is 4.79 Å². The molecule has 2 aliphatic rings. The first-order valence-electron chi connectivity index (χ1n) is 8.66. The number of aromatic nitrogens is 2. The molecule has 2 bridgehead atoms. The summed E-state index contributed by atoms with van der Waals surface area (Å²) in [7, 11) is 0. The van der Waals surface area contributed by atoms with Crippen molar-refractivity contribution in [2.75, 3.05) is 0 Å². The molecule has 1 aromatic rings. The van der Waals surface area contributed by atoms with Gasteiger partial charge in [0.05, 0.1) is 6.20 Å². The van der Waals surface area contributed by atoms with Crippen LogP contribution in [0.15, 0.2) is 18.6 Å². The van der Waals surface area contributed by atoms with Gasteiger partial charge in [0.25, 0.3) is 0 Å². The predicted octanol–water partition coefficient (Wildman–Crippen LogP) is 3.23. The highest BCUT2D eigenvalue weighted by Gasteiger charge is 2.44. The third-order valence-electron chi connectivity index (χ3n) is 4.77. The smallest absolute Gasteiger partial charge is 0.410 e. The third kappa shape index (κ3) is 3.57. The number of ether oxygens (including phenoxy) is 1. The maximum atomic E-state index is 12.7. The van der Waals surface area contributed by atoms with Crippen molar-refractivity contribution in [3.63, 3.8) is 0 Å². The van der Waals surface area contributed by atoms with Crippen LogP contribution in [-0.2, 0) is 4.74 Å². The Morgan fingerprint density at radius 2 is 1.83 bits per heavy atom. The van der Waals surface area contributed by atoms with Crippen molar-refractivity contribution in [1.29, 1.82) is 0 Å². The van der Waals surface area contributed by atoms with Crippen LogP contribution in [0.25, 0.3) is 0 Å². The number of rotatable bonds is 2. The molecule has 0 spiro atoms. The molecule has 6 nitrogen and oxygen atoms in total. The SMILES string of the molecule is CC(C)(C)OC(=O)N1C2CCCC1CC(C(=O)c1cnccn1)C2. The molecule has 3 heterocycles. The van der Waals surface area contributed by atoms with Crippen molar-refractivity contribution in [3.8, 4) is 0 Å². The first-order valence-corrected chi connectivity index (χ1v) is 8.66. The quantitative estimate of drug-likeness (QED) is 0.778. The molecule has 2 fully saturated rings. The van der Waals surface area contributed by atoms with E-state index in [4.69, 9.17) is 4.74 Å². The zero-order valence-corrected chi connectivity index (χ0v) is 14.6. The van der Waals surface area contributed by atoms with E-state index in [-0.39, 0.29) is 29.9 Å². The van der Waals surface area contributed by atoms with Crippen molar-refractivity contribution in [3.05, 3.63) is 24.3 Å². The van der Waals surface area contributed by atoms with E-state index < -0.39 is 5.60 Å². The minimum absolute atomic E-state index is 0.0452. The van der Waals surface area contributed by atoms with Gasteiger partial charge >= 0.3 is 6.09 Å². The van der Waals surface area contributed by atoms with E-state index in [9.17, 15) is 9.59 Å². The van der Waals surface area contributed by atoms with Gasteiger partial charge < -0.3 is 9.64 Å². The average Bonchev–Trinajstić information content (AvgIpc) is 2.52. The molecular formula is C18H25N3O3. The average molecular weight is 331 g/mol. The molecule has 3 rings (SSSR count). The van der Waals surface area contributed by atoms with Crippen molar-refractivity contribution >= 4 is 11.9 Å². The van der Waals surface area contributed by atoms with E-state index in [1.807, 2.05) is 25.7 Å². The lowest BCUT2D eigenvalue weighted by Crippen LogP contribution is -2.56. The lowest BCUT2D eigenvalue weighted by atomic mass is 9.76. The Balaban J connectivity index is 1.74. The monoisotopic (exact) mass is 331 g/mol. The molecule has 130 valence electrons. The molecule has 2 unspecified atom stereocenters. The van der Waals surface area contributed by atoms with E-state index in [1.165, 1.54) is 6.20 Å². The largest absolute Gasteiger partial charge is 0.444 e. The van der Waals surface area contributed by atoms with Crippen molar-refractivity contribution < 1.29 is 14.3 Å². The van der Waals surface area contributed by atoms with Crippen molar-refractivity contribution in [2.24, 2.45) is 5.92 Å². The number of ketones is 1. The molecule has 0 N–H and O–H groups in total. The van der Waals surface area contributed by atoms with Gasteiger partial charge in [-0.15, -0.1) is 0 Å². The summed E-state index contributed by atoms with van der Waals surface area (Å²) in [6.45, 7) is 5.64. The molecule has 2 saturated heterocycles. The molecule has 0 radical (unpaired) electrons. The van der Waals surface area contributed by atoms with Gasteiger partial charge in [-0.25, -0.2) is 9.78 Å². The predicted molar refractivity (Wildman–Crippen MR) is 88.6 cm³/mol. The lowest BCUT2D eigenvalue weighted by Gasteiger charge is -2.48. The number of piperidine rings is 2. The number of Topliss-reactive ketones (excluding diaryl/α,β-unsaturated/α-hetero) is 1. The minimum atomic E-state index is -0.502. The highest BCUT2D eigenvalue weighted by Crippen LogP contribution is 2.38. The second kappa shape index (κ2) is 6.49. The summed E-state index contributed by atoms with van der Waals surface area (Å²) in [4.78, 5) is 35.3. The number of carbonyl (C=O) groups excluding carboxylic acids is 2. The zero-order chi connectivity index (χ0) is 17.3.